The van der Waals surface area contributed by atoms with Crippen LogP contribution in [0.25, 0.3) is 0 Å². The van der Waals surface area contributed by atoms with E-state index >= 15 is 0 Å². The Balaban J connectivity index is 0.000000461. The van der Waals surface area contributed by atoms with Gasteiger partial charge in [0.05, 0.1) is 0 Å². The van der Waals surface area contributed by atoms with Gasteiger partial charge in [-0.15, -0.1) is 12.5 Å². The Hall–Kier alpha value is 0.592. The summed E-state index contributed by atoms with van der Waals surface area (Å²) in [5.41, 5.74) is 0. The van der Waals surface area contributed by atoms with Crippen molar-refractivity contribution in [2.45, 2.75) is 19.3 Å². The second-order valence-corrected chi connectivity index (χ2v) is 2.61. The van der Waals surface area contributed by atoms with E-state index < -0.39 is 0 Å². The van der Waals surface area contributed by atoms with Gasteiger partial charge in [0, 0.05) is 5.03 Å². The monoisotopic (exact) mass is 282 g/mol. The average molecular weight is 283 g/mol. The molecule has 0 atom stereocenters. The summed E-state index contributed by atoms with van der Waals surface area (Å²) in [5.74, 6) is 0. The van der Waals surface area contributed by atoms with Crippen LogP contribution in [0.4, 0.5) is 0 Å². The Labute approximate surface area is 88.0 Å². The predicted octanol–water partition coefficient (Wildman–Crippen LogP) is 3.74. The first-order valence-electron chi connectivity index (χ1n) is 3.36. The molecular formula is C8H10Cl2Pd. The Morgan fingerprint density at radius 3 is 2.91 bits per heavy atom. The van der Waals surface area contributed by atoms with Gasteiger partial charge in [-0.05, 0) is 6.42 Å². The van der Waals surface area contributed by atoms with E-state index in [1.54, 1.807) is 0 Å². The average Bonchev–Trinajstić information content (AvgIpc) is 2.01. The summed E-state index contributed by atoms with van der Waals surface area (Å²) in [5, 5.41) is 0.972. The van der Waals surface area contributed by atoms with Gasteiger partial charge in [0.1, 0.15) is 0 Å². The number of rotatable bonds is 0. The fraction of sp³-hybridized carbons (Fsp3) is 0.375. The zero-order chi connectivity index (χ0) is 8.53. The third kappa shape index (κ3) is 6.97. The van der Waals surface area contributed by atoms with Crippen LogP contribution in [0.3, 0.4) is 0 Å². The normalized spacial score (nSPS) is 24.2. The standard InChI is InChI=1S/C8H10Cl.ClH.Pd/c9-8-6-4-2-1-3-5-7-8;;/h1-2,4,6H,3,5,7H2;1H;/q-1;;+2/p-1/b4-2-,8-6+;;. The fourth-order valence-corrected chi connectivity index (χ4v) is 1.01. The molecule has 0 radical (unpaired) electrons. The van der Waals surface area contributed by atoms with E-state index in [-0.39, 0.29) is 0 Å². The quantitative estimate of drug-likeness (QED) is 0.469. The molecule has 66 valence electrons. The first-order valence-corrected chi connectivity index (χ1v) is 5.74. The topological polar surface area (TPSA) is 0 Å². The van der Waals surface area contributed by atoms with E-state index in [1.807, 2.05) is 18.2 Å². The van der Waals surface area contributed by atoms with Gasteiger partial charge in [0.15, 0.2) is 0 Å². The van der Waals surface area contributed by atoms with Crippen LogP contribution in [0, 0.1) is 6.42 Å². The van der Waals surface area contributed by atoms with Crippen molar-refractivity contribution in [1.29, 1.82) is 0 Å². The van der Waals surface area contributed by atoms with Gasteiger partial charge < -0.3 is 0 Å². The molecule has 0 spiro atoms. The van der Waals surface area contributed by atoms with E-state index in [1.165, 1.54) is 6.42 Å². The van der Waals surface area contributed by atoms with E-state index in [2.05, 4.69) is 34.1 Å². The second-order valence-electron chi connectivity index (χ2n) is 2.13. The van der Waals surface area contributed by atoms with E-state index in [4.69, 9.17) is 11.6 Å². The summed E-state index contributed by atoms with van der Waals surface area (Å²) in [6.45, 7) is 0. The molecule has 11 heavy (non-hydrogen) atoms. The molecule has 3 heteroatoms. The molecule has 0 unspecified atom stereocenters. The Morgan fingerprint density at radius 1 is 1.45 bits per heavy atom. The summed E-state index contributed by atoms with van der Waals surface area (Å²) in [6, 6.07) is 0. The minimum atomic E-state index is 0.972. The zero-order valence-corrected chi connectivity index (χ0v) is 9.07. The van der Waals surface area contributed by atoms with Gasteiger partial charge in [0.25, 0.3) is 0 Å². The van der Waals surface area contributed by atoms with Crippen molar-refractivity contribution in [1.82, 2.24) is 0 Å². The Bertz CT molecular complexity index is 141. The summed E-state index contributed by atoms with van der Waals surface area (Å²) < 4.78 is 0. The van der Waals surface area contributed by atoms with Gasteiger partial charge in [0.2, 0.25) is 0 Å². The molecule has 0 aromatic heterocycles. The summed E-state index contributed by atoms with van der Waals surface area (Å²) in [6.07, 6.45) is 11.5. The molecule has 0 aliphatic heterocycles. The van der Waals surface area contributed by atoms with E-state index in [0.717, 1.165) is 17.9 Å². The molecule has 1 rings (SSSR count). The SMILES string of the molecule is Cl/C1=C/C=C\[CH-]CCC1.[Cl][Pd+]. The van der Waals surface area contributed by atoms with Crippen molar-refractivity contribution in [2.24, 2.45) is 0 Å². The van der Waals surface area contributed by atoms with Crippen molar-refractivity contribution >= 4 is 21.1 Å². The van der Waals surface area contributed by atoms with Crippen molar-refractivity contribution in [2.75, 3.05) is 0 Å². The fourth-order valence-electron chi connectivity index (χ4n) is 0.807. The third-order valence-corrected chi connectivity index (χ3v) is 1.63. The third-order valence-electron chi connectivity index (χ3n) is 1.31. The van der Waals surface area contributed by atoms with Crippen molar-refractivity contribution < 1.29 is 18.2 Å². The Morgan fingerprint density at radius 2 is 2.18 bits per heavy atom. The number of halogens is 2. The Kier molecular flexibility index (Phi) is 9.15. The van der Waals surface area contributed by atoms with Gasteiger partial charge in [-0.1, -0.05) is 18.0 Å². The molecule has 0 nitrogen and oxygen atoms in total. The van der Waals surface area contributed by atoms with Gasteiger partial charge in [-0.2, -0.15) is 0 Å². The van der Waals surface area contributed by atoms with Crippen LogP contribution in [0.1, 0.15) is 19.3 Å². The molecule has 1 aliphatic rings. The summed E-state index contributed by atoms with van der Waals surface area (Å²) in [7, 11) is 4.49. The molecule has 0 aromatic carbocycles. The van der Waals surface area contributed by atoms with Crippen molar-refractivity contribution in [3.63, 3.8) is 0 Å². The van der Waals surface area contributed by atoms with Gasteiger partial charge in [-0.3, -0.25) is 0 Å². The molecule has 0 saturated carbocycles. The second kappa shape index (κ2) is 8.69. The maximum absolute atomic E-state index is 5.79. The first-order chi connectivity index (χ1) is 5.39. The van der Waals surface area contributed by atoms with Crippen molar-refractivity contribution in [3.8, 4) is 0 Å². The molecule has 0 fully saturated rings. The minimum absolute atomic E-state index is 0.972. The molecule has 1 aliphatic carbocycles. The molecule has 0 aromatic rings. The summed E-state index contributed by atoms with van der Waals surface area (Å²) >= 11 is 8.01. The van der Waals surface area contributed by atoms with Gasteiger partial charge in [-0.25, -0.2) is 18.6 Å². The van der Waals surface area contributed by atoms with Crippen LogP contribution in [-0.2, 0) is 18.2 Å². The number of hydrogen-bond donors (Lipinski definition) is 0. The van der Waals surface area contributed by atoms with Crippen molar-refractivity contribution in [3.05, 3.63) is 29.7 Å². The van der Waals surface area contributed by atoms with Crippen LogP contribution >= 0.6 is 21.1 Å². The maximum atomic E-state index is 5.79. The molecule has 0 heterocycles. The number of allylic oxidation sites excluding steroid dienone is 4. The van der Waals surface area contributed by atoms with Crippen LogP contribution < -0.4 is 0 Å². The van der Waals surface area contributed by atoms with E-state index in [9.17, 15) is 0 Å². The molecular weight excluding hydrogens is 273 g/mol. The molecule has 0 N–H and O–H groups in total. The van der Waals surface area contributed by atoms with Crippen LogP contribution in [0.2, 0.25) is 0 Å². The number of hydrogen-bond acceptors (Lipinski definition) is 0. The summed E-state index contributed by atoms with van der Waals surface area (Å²) in [4.78, 5) is 0. The van der Waals surface area contributed by atoms with Crippen LogP contribution in [-0.4, -0.2) is 0 Å². The van der Waals surface area contributed by atoms with Crippen LogP contribution in [0.15, 0.2) is 23.3 Å². The van der Waals surface area contributed by atoms with Crippen LogP contribution in [0.5, 0.6) is 0 Å². The first kappa shape index (κ1) is 11.6. The van der Waals surface area contributed by atoms with Gasteiger partial charge >= 0.3 is 27.7 Å². The zero-order valence-electron chi connectivity index (χ0n) is 6.00. The molecule has 0 saturated heterocycles. The van der Waals surface area contributed by atoms with E-state index in [0.29, 0.717) is 0 Å². The molecule has 0 amide bonds. The molecule has 0 bridgehead atoms. The predicted molar refractivity (Wildman–Crippen MR) is 47.1 cm³/mol.